The zero-order chi connectivity index (χ0) is 26.9. The van der Waals surface area contributed by atoms with Crippen LogP contribution in [0.4, 0.5) is 18.9 Å². The van der Waals surface area contributed by atoms with Gasteiger partial charge in [0.1, 0.15) is 5.75 Å². The number of fused-ring (bicyclic) bond motifs is 1. The molecule has 0 bridgehead atoms. The lowest BCUT2D eigenvalue weighted by atomic mass is 10.00. The summed E-state index contributed by atoms with van der Waals surface area (Å²) in [5.41, 5.74) is 1.56. The highest BCUT2D eigenvalue weighted by molar-refractivity contribution is 6.07. The molecule has 1 aliphatic heterocycles. The highest BCUT2D eigenvalue weighted by atomic mass is 19.4. The average Bonchev–Trinajstić information content (AvgIpc) is 3.16. The van der Waals surface area contributed by atoms with E-state index in [9.17, 15) is 22.8 Å². The number of amides is 2. The Morgan fingerprint density at radius 1 is 1.14 bits per heavy atom. The number of methoxy groups -OCH3 is 2. The van der Waals surface area contributed by atoms with Crippen molar-refractivity contribution in [3.8, 4) is 17.4 Å². The number of anilines is 1. The second-order valence-corrected chi connectivity index (χ2v) is 8.19. The highest BCUT2D eigenvalue weighted by Gasteiger charge is 2.37. The number of hydrogen-bond donors (Lipinski definition) is 1. The van der Waals surface area contributed by atoms with Gasteiger partial charge in [-0.15, -0.1) is 13.2 Å². The van der Waals surface area contributed by atoms with Gasteiger partial charge in [0, 0.05) is 25.9 Å². The molecule has 3 heterocycles. The van der Waals surface area contributed by atoms with Crippen molar-refractivity contribution in [2.75, 3.05) is 25.7 Å². The van der Waals surface area contributed by atoms with Gasteiger partial charge in [-0.25, -0.2) is 4.98 Å². The summed E-state index contributed by atoms with van der Waals surface area (Å²) in [6.45, 7) is 1.93. The molecule has 196 valence electrons. The van der Waals surface area contributed by atoms with Crippen LogP contribution in [0.3, 0.4) is 0 Å². The van der Waals surface area contributed by atoms with E-state index in [4.69, 9.17) is 9.47 Å². The Morgan fingerprint density at radius 3 is 2.54 bits per heavy atom. The van der Waals surface area contributed by atoms with Gasteiger partial charge in [0.2, 0.25) is 0 Å². The average molecular weight is 519 g/mol. The molecule has 0 spiro atoms. The molecule has 3 aromatic rings. The van der Waals surface area contributed by atoms with Crippen LogP contribution in [0.15, 0.2) is 36.5 Å². The number of nitrogens with one attached hydrogen (secondary N) is 1. The van der Waals surface area contributed by atoms with E-state index in [0.29, 0.717) is 22.8 Å². The van der Waals surface area contributed by atoms with Crippen molar-refractivity contribution in [2.45, 2.75) is 25.7 Å². The Hall–Kier alpha value is -4.29. The van der Waals surface area contributed by atoms with E-state index in [2.05, 4.69) is 20.1 Å². The summed E-state index contributed by atoms with van der Waals surface area (Å²) in [5, 5.41) is 7.18. The van der Waals surface area contributed by atoms with E-state index in [1.54, 1.807) is 18.7 Å². The fourth-order valence-corrected chi connectivity index (χ4v) is 4.35. The van der Waals surface area contributed by atoms with E-state index in [1.165, 1.54) is 49.6 Å². The van der Waals surface area contributed by atoms with Gasteiger partial charge < -0.3 is 24.4 Å². The van der Waals surface area contributed by atoms with Gasteiger partial charge in [0.05, 0.1) is 48.5 Å². The number of aromatic nitrogens is 3. The smallest absolute Gasteiger partial charge is 0.491 e. The van der Waals surface area contributed by atoms with Gasteiger partial charge in [-0.3, -0.25) is 14.3 Å². The van der Waals surface area contributed by atoms with Gasteiger partial charge in [0.15, 0.2) is 5.75 Å². The maximum absolute atomic E-state index is 13.5. The first-order valence-corrected chi connectivity index (χ1v) is 11.1. The minimum atomic E-state index is -4.95. The molecule has 13 heteroatoms. The van der Waals surface area contributed by atoms with E-state index in [-0.39, 0.29) is 35.9 Å². The molecule has 1 atom stereocenters. The molecular formula is C24H24F3N5O5. The monoisotopic (exact) mass is 519 g/mol. The summed E-state index contributed by atoms with van der Waals surface area (Å²) in [6.07, 6.45) is -3.29. The van der Waals surface area contributed by atoms with Crippen LogP contribution in [0, 0.1) is 6.92 Å². The van der Waals surface area contributed by atoms with Crippen LogP contribution in [0.1, 0.15) is 44.6 Å². The lowest BCUT2D eigenvalue weighted by Gasteiger charge is -2.33. The first-order valence-electron chi connectivity index (χ1n) is 11.1. The third-order valence-corrected chi connectivity index (χ3v) is 5.86. The molecule has 1 N–H and O–H groups in total. The molecule has 1 aliphatic rings. The quantitative estimate of drug-likeness (QED) is 0.531. The molecule has 0 fully saturated rings. The van der Waals surface area contributed by atoms with Crippen LogP contribution in [0.2, 0.25) is 0 Å². The van der Waals surface area contributed by atoms with Gasteiger partial charge in [0.25, 0.3) is 17.7 Å². The third-order valence-electron chi connectivity index (χ3n) is 5.86. The van der Waals surface area contributed by atoms with Crippen LogP contribution >= 0.6 is 0 Å². The van der Waals surface area contributed by atoms with Crippen molar-refractivity contribution in [3.05, 3.63) is 59.0 Å². The Labute approximate surface area is 209 Å². The Morgan fingerprint density at radius 2 is 1.86 bits per heavy atom. The Balaban J connectivity index is 1.63. The Bertz CT molecular complexity index is 1340. The number of para-hydroxylation sites is 1. The summed E-state index contributed by atoms with van der Waals surface area (Å²) < 4.78 is 54.4. The van der Waals surface area contributed by atoms with E-state index < -0.39 is 24.1 Å². The van der Waals surface area contributed by atoms with Gasteiger partial charge in [-0.05, 0) is 25.5 Å². The predicted octanol–water partition coefficient (Wildman–Crippen LogP) is 3.56. The minimum absolute atomic E-state index is 0.207. The summed E-state index contributed by atoms with van der Waals surface area (Å²) >= 11 is 0. The number of nitrogens with zero attached hydrogens (tertiary/aromatic N) is 4. The SMILES string of the molecule is COc1cc(C(=O)N2CCC(NC(=O)c3ccccc3OC(F)(F)F)c3c2c(C)nn3C)cnc1OC. The molecule has 2 aromatic heterocycles. The molecule has 1 unspecified atom stereocenters. The normalized spacial score (nSPS) is 15.1. The van der Waals surface area contributed by atoms with Crippen molar-refractivity contribution in [2.24, 2.45) is 7.05 Å². The van der Waals surface area contributed by atoms with Crippen LogP contribution < -0.4 is 24.4 Å². The lowest BCUT2D eigenvalue weighted by Crippen LogP contribution is -2.42. The first-order chi connectivity index (χ1) is 17.5. The minimum Gasteiger partial charge on any atom is -0.491 e. The van der Waals surface area contributed by atoms with Crippen LogP contribution in [-0.4, -0.2) is 53.7 Å². The Kier molecular flexibility index (Phi) is 6.96. The molecule has 0 saturated carbocycles. The third kappa shape index (κ3) is 5.15. The van der Waals surface area contributed by atoms with Crippen LogP contribution in [0.25, 0.3) is 0 Å². The van der Waals surface area contributed by atoms with E-state index in [0.717, 1.165) is 6.07 Å². The standard InChI is InChI=1S/C24H24F3N5O5/c1-13-19-20(31(2)30-13)16(29-21(33)15-7-5-6-8-17(15)37-24(25,26)27)9-10-32(19)23(34)14-11-18(35-3)22(36-4)28-12-14/h5-8,11-12,16H,9-10H2,1-4H3,(H,29,33). The van der Waals surface area contributed by atoms with E-state index in [1.807, 2.05) is 0 Å². The van der Waals surface area contributed by atoms with Gasteiger partial charge in [-0.1, -0.05) is 12.1 Å². The van der Waals surface area contributed by atoms with E-state index >= 15 is 0 Å². The second kappa shape index (κ2) is 9.99. The molecule has 1 aromatic carbocycles. The molecule has 10 nitrogen and oxygen atoms in total. The van der Waals surface area contributed by atoms with Crippen molar-refractivity contribution in [3.63, 3.8) is 0 Å². The summed E-state index contributed by atoms with van der Waals surface area (Å²) in [5.74, 6) is -1.20. The molecule has 2 amide bonds. The molecule has 0 radical (unpaired) electrons. The van der Waals surface area contributed by atoms with Crippen LogP contribution in [0.5, 0.6) is 17.4 Å². The zero-order valence-electron chi connectivity index (χ0n) is 20.4. The number of carbonyl (C=O) groups excluding carboxylic acids is 2. The number of rotatable bonds is 6. The number of hydrogen-bond acceptors (Lipinski definition) is 7. The van der Waals surface area contributed by atoms with Gasteiger partial charge in [-0.2, -0.15) is 5.10 Å². The maximum atomic E-state index is 13.5. The fourth-order valence-electron chi connectivity index (χ4n) is 4.35. The number of alkyl halides is 3. The topological polar surface area (TPSA) is 108 Å². The summed E-state index contributed by atoms with van der Waals surface area (Å²) in [6, 6.07) is 5.99. The first kappa shape index (κ1) is 25.8. The molecule has 0 aliphatic carbocycles. The number of halogens is 3. The number of pyridine rings is 1. The summed E-state index contributed by atoms with van der Waals surface area (Å²) in [4.78, 5) is 32.1. The van der Waals surface area contributed by atoms with Crippen molar-refractivity contribution < 1.29 is 37.0 Å². The van der Waals surface area contributed by atoms with Crippen LogP contribution in [-0.2, 0) is 7.05 Å². The number of carbonyl (C=O) groups is 2. The lowest BCUT2D eigenvalue weighted by molar-refractivity contribution is -0.274. The molecular weight excluding hydrogens is 495 g/mol. The predicted molar refractivity (Wildman–Crippen MR) is 125 cm³/mol. The zero-order valence-corrected chi connectivity index (χ0v) is 20.4. The number of ether oxygens (including phenoxy) is 3. The molecule has 37 heavy (non-hydrogen) atoms. The summed E-state index contributed by atoms with van der Waals surface area (Å²) in [7, 11) is 4.53. The molecule has 0 saturated heterocycles. The number of benzene rings is 1. The largest absolute Gasteiger partial charge is 0.573 e. The number of aryl methyl sites for hydroxylation is 2. The fraction of sp³-hybridized carbons (Fsp3) is 0.333. The molecule has 4 rings (SSSR count). The van der Waals surface area contributed by atoms with Crippen molar-refractivity contribution >= 4 is 17.5 Å². The maximum Gasteiger partial charge on any atom is 0.573 e. The highest BCUT2D eigenvalue weighted by Crippen LogP contribution is 2.38. The van der Waals surface area contributed by atoms with Crippen molar-refractivity contribution in [1.29, 1.82) is 0 Å². The second-order valence-electron chi connectivity index (χ2n) is 8.19. The van der Waals surface area contributed by atoms with Gasteiger partial charge >= 0.3 is 6.36 Å². The van der Waals surface area contributed by atoms with Crippen molar-refractivity contribution in [1.82, 2.24) is 20.1 Å².